The zero-order chi connectivity index (χ0) is 23.7. The summed E-state index contributed by atoms with van der Waals surface area (Å²) < 4.78 is 21.8. The highest BCUT2D eigenvalue weighted by Gasteiger charge is 2.44. The summed E-state index contributed by atoms with van der Waals surface area (Å²) in [6.45, 7) is 1.62. The molecule has 0 aliphatic carbocycles. The van der Waals surface area contributed by atoms with Crippen LogP contribution in [-0.2, 0) is 4.74 Å². The smallest absolute Gasteiger partial charge is 0.229 e. The van der Waals surface area contributed by atoms with E-state index in [2.05, 4.69) is 0 Å². The number of phenols is 1. The number of hydrogen-bond acceptors (Lipinski definition) is 10. The van der Waals surface area contributed by atoms with E-state index in [1.807, 2.05) is 0 Å². The topological polar surface area (TPSA) is 159 Å². The monoisotopic (exact) mass is 460 g/mol. The molecule has 1 fully saturated rings. The average molecular weight is 460 g/mol. The Morgan fingerprint density at radius 2 is 1.73 bits per heavy atom. The lowest BCUT2D eigenvalue weighted by molar-refractivity contribution is -0.277. The van der Waals surface area contributed by atoms with Crippen molar-refractivity contribution in [3.63, 3.8) is 0 Å². The van der Waals surface area contributed by atoms with Gasteiger partial charge in [-0.1, -0.05) is 12.1 Å². The van der Waals surface area contributed by atoms with Gasteiger partial charge in [-0.15, -0.1) is 0 Å². The molecule has 1 aliphatic heterocycles. The maximum atomic E-state index is 13.0. The molecule has 33 heavy (non-hydrogen) atoms. The van der Waals surface area contributed by atoms with Gasteiger partial charge in [0.1, 0.15) is 58.9 Å². The Balaban J connectivity index is 1.58. The molecular formula is C23H24O10. The van der Waals surface area contributed by atoms with Crippen molar-refractivity contribution >= 4 is 11.0 Å². The van der Waals surface area contributed by atoms with Crippen LogP contribution >= 0.6 is 0 Å². The van der Waals surface area contributed by atoms with Crippen molar-refractivity contribution in [2.75, 3.05) is 13.2 Å². The van der Waals surface area contributed by atoms with Crippen LogP contribution in [0, 0.1) is 0 Å². The fourth-order valence-corrected chi connectivity index (χ4v) is 3.67. The first-order valence-corrected chi connectivity index (χ1v) is 10.3. The van der Waals surface area contributed by atoms with Crippen LogP contribution in [0.15, 0.2) is 51.9 Å². The molecule has 4 rings (SSSR count). The van der Waals surface area contributed by atoms with E-state index in [1.165, 1.54) is 30.5 Å². The van der Waals surface area contributed by atoms with E-state index in [0.717, 1.165) is 0 Å². The standard InChI is InChI=1S/C23H24O10/c1-2-30-13-7-15(25)18-16(8-13)31-10-14(19(18)26)11-3-5-12(6-4-11)32-23-22(29)21(28)20(27)17(9-24)33-23/h3-8,10,17,20-25,27-29H,2,9H2,1H3/t17-,20+,21+,22-,23+/m0/s1. The summed E-state index contributed by atoms with van der Waals surface area (Å²) in [6, 6.07) is 9.05. The lowest BCUT2D eigenvalue weighted by atomic mass is 9.99. The minimum Gasteiger partial charge on any atom is -0.507 e. The molecule has 1 aliphatic rings. The van der Waals surface area contributed by atoms with Crippen LogP contribution in [0.1, 0.15) is 6.92 Å². The molecule has 0 radical (unpaired) electrons. The first kappa shape index (κ1) is 23.0. The van der Waals surface area contributed by atoms with E-state index in [1.54, 1.807) is 19.1 Å². The van der Waals surface area contributed by atoms with Crippen LogP contribution < -0.4 is 14.9 Å². The van der Waals surface area contributed by atoms with Crippen molar-refractivity contribution in [2.45, 2.75) is 37.6 Å². The number of fused-ring (bicyclic) bond motifs is 1. The highest BCUT2D eigenvalue weighted by Crippen LogP contribution is 2.31. The fourth-order valence-electron chi connectivity index (χ4n) is 3.67. The molecule has 0 spiro atoms. The summed E-state index contributed by atoms with van der Waals surface area (Å²) in [5, 5.41) is 49.5. The fraction of sp³-hybridized carbons (Fsp3) is 0.348. The van der Waals surface area contributed by atoms with E-state index in [9.17, 15) is 30.3 Å². The van der Waals surface area contributed by atoms with Gasteiger partial charge in [-0.2, -0.15) is 0 Å². The van der Waals surface area contributed by atoms with Gasteiger partial charge in [-0.3, -0.25) is 4.79 Å². The van der Waals surface area contributed by atoms with E-state index < -0.39 is 42.7 Å². The van der Waals surface area contributed by atoms with Crippen LogP contribution in [0.2, 0.25) is 0 Å². The first-order chi connectivity index (χ1) is 15.8. The molecule has 10 heteroatoms. The Bertz CT molecular complexity index is 1170. The molecular weight excluding hydrogens is 436 g/mol. The Hall–Kier alpha value is -3.15. The number of benzene rings is 2. The van der Waals surface area contributed by atoms with Crippen molar-refractivity contribution in [3.05, 3.63) is 52.9 Å². The largest absolute Gasteiger partial charge is 0.507 e. The van der Waals surface area contributed by atoms with Crippen molar-refractivity contribution < 1.29 is 44.2 Å². The molecule has 5 N–H and O–H groups in total. The van der Waals surface area contributed by atoms with Crippen LogP contribution in [0.3, 0.4) is 0 Å². The Morgan fingerprint density at radius 3 is 2.39 bits per heavy atom. The molecule has 3 aromatic rings. The van der Waals surface area contributed by atoms with Gasteiger partial charge in [0.25, 0.3) is 0 Å². The van der Waals surface area contributed by atoms with Crippen LogP contribution in [-0.4, -0.2) is 69.5 Å². The van der Waals surface area contributed by atoms with Gasteiger partial charge in [0.15, 0.2) is 0 Å². The van der Waals surface area contributed by atoms with E-state index in [-0.39, 0.29) is 28.0 Å². The van der Waals surface area contributed by atoms with Crippen molar-refractivity contribution in [3.8, 4) is 28.4 Å². The molecule has 5 atom stereocenters. The second kappa shape index (κ2) is 9.38. The number of aliphatic hydroxyl groups excluding tert-OH is 4. The highest BCUT2D eigenvalue weighted by atomic mass is 16.7. The molecule has 10 nitrogen and oxygen atoms in total. The predicted octanol–water partition coefficient (Wildman–Crippen LogP) is 0.743. The minimum absolute atomic E-state index is 0.0256. The predicted molar refractivity (Wildman–Crippen MR) is 115 cm³/mol. The van der Waals surface area contributed by atoms with Gasteiger partial charge in [0, 0.05) is 12.1 Å². The zero-order valence-electron chi connectivity index (χ0n) is 17.6. The number of aliphatic hydroxyl groups is 4. The summed E-state index contributed by atoms with van der Waals surface area (Å²) in [5.41, 5.74) is 0.454. The molecule has 2 heterocycles. The van der Waals surface area contributed by atoms with Crippen molar-refractivity contribution in [2.24, 2.45) is 0 Å². The quantitative estimate of drug-likeness (QED) is 0.355. The number of aromatic hydroxyl groups is 1. The Labute approximate surface area is 187 Å². The third-order valence-electron chi connectivity index (χ3n) is 5.41. The third-order valence-corrected chi connectivity index (χ3v) is 5.41. The van der Waals surface area contributed by atoms with Gasteiger partial charge in [0.2, 0.25) is 11.7 Å². The second-order valence-corrected chi connectivity index (χ2v) is 7.57. The first-order valence-electron chi connectivity index (χ1n) is 10.3. The molecule has 0 saturated carbocycles. The Morgan fingerprint density at radius 1 is 1.00 bits per heavy atom. The molecule has 1 aromatic heterocycles. The SMILES string of the molecule is CCOc1cc(O)c2c(=O)c(-c3ccc(O[C@@H]4O[C@@H](CO)[C@@H](O)[C@@H](O)[C@@H]4O)cc3)coc2c1. The summed E-state index contributed by atoms with van der Waals surface area (Å²) in [5.74, 6) is 0.375. The second-order valence-electron chi connectivity index (χ2n) is 7.57. The molecule has 2 aromatic carbocycles. The van der Waals surface area contributed by atoms with Gasteiger partial charge >= 0.3 is 0 Å². The van der Waals surface area contributed by atoms with Gasteiger partial charge in [-0.25, -0.2) is 0 Å². The third kappa shape index (κ3) is 4.39. The lowest BCUT2D eigenvalue weighted by Gasteiger charge is -2.39. The molecule has 0 unspecified atom stereocenters. The maximum absolute atomic E-state index is 13.0. The van der Waals surface area contributed by atoms with Crippen molar-refractivity contribution in [1.29, 1.82) is 0 Å². The molecule has 0 bridgehead atoms. The summed E-state index contributed by atoms with van der Waals surface area (Å²) in [6.07, 6.45) is -5.72. The van der Waals surface area contributed by atoms with Gasteiger partial charge in [-0.05, 0) is 24.6 Å². The Kier molecular flexibility index (Phi) is 6.54. The van der Waals surface area contributed by atoms with Gasteiger partial charge < -0.3 is 44.2 Å². The minimum atomic E-state index is -1.56. The van der Waals surface area contributed by atoms with Crippen molar-refractivity contribution in [1.82, 2.24) is 0 Å². The van der Waals surface area contributed by atoms with E-state index >= 15 is 0 Å². The normalized spacial score (nSPS) is 25.2. The van der Waals surface area contributed by atoms with Crippen LogP contribution in [0.4, 0.5) is 0 Å². The summed E-state index contributed by atoms with van der Waals surface area (Å²) in [4.78, 5) is 13.0. The molecule has 1 saturated heterocycles. The summed E-state index contributed by atoms with van der Waals surface area (Å²) >= 11 is 0. The lowest BCUT2D eigenvalue weighted by Crippen LogP contribution is -2.60. The maximum Gasteiger partial charge on any atom is 0.229 e. The molecule has 176 valence electrons. The number of hydrogen-bond donors (Lipinski definition) is 5. The van der Waals surface area contributed by atoms with E-state index in [0.29, 0.717) is 17.9 Å². The summed E-state index contributed by atoms with van der Waals surface area (Å²) in [7, 11) is 0. The van der Waals surface area contributed by atoms with Crippen LogP contribution in [0.5, 0.6) is 17.2 Å². The number of rotatable bonds is 6. The average Bonchev–Trinajstić information content (AvgIpc) is 2.80. The zero-order valence-corrected chi connectivity index (χ0v) is 17.6. The number of phenolic OH excluding ortho intramolecular Hbond substituents is 1. The van der Waals surface area contributed by atoms with E-state index in [4.69, 9.17) is 18.6 Å². The van der Waals surface area contributed by atoms with Gasteiger partial charge in [0.05, 0.1) is 18.8 Å². The highest BCUT2D eigenvalue weighted by molar-refractivity contribution is 5.88. The molecule has 0 amide bonds. The van der Waals surface area contributed by atoms with Crippen LogP contribution in [0.25, 0.3) is 22.1 Å². The number of ether oxygens (including phenoxy) is 3.